The predicted molar refractivity (Wildman–Crippen MR) is 71.6 cm³/mol. The molecular weight excluding hydrogens is 308 g/mol. The van der Waals surface area contributed by atoms with E-state index in [0.717, 1.165) is 14.2 Å². The normalized spacial score (nSPS) is 10.4. The first-order chi connectivity index (χ1) is 7.59. The maximum absolute atomic E-state index is 12.1. The Labute approximate surface area is 111 Å². The van der Waals surface area contributed by atoms with Crippen molar-refractivity contribution < 1.29 is 4.79 Å². The van der Waals surface area contributed by atoms with E-state index in [-0.39, 0.29) is 5.78 Å². The topological polar surface area (TPSA) is 17.1 Å². The zero-order valence-corrected chi connectivity index (χ0v) is 11.6. The molecule has 0 aliphatic carbocycles. The second kappa shape index (κ2) is 4.70. The Hall–Kier alpha value is -0.640. The molecule has 2 rings (SSSR count). The van der Waals surface area contributed by atoms with E-state index in [2.05, 4.69) is 15.9 Å². The molecule has 0 amide bonds. The van der Waals surface area contributed by atoms with Gasteiger partial charge in [0.05, 0.1) is 9.90 Å². The fraction of sp³-hybridized carbons (Fsp3) is 0.0833. The largest absolute Gasteiger partial charge is 0.288 e. The van der Waals surface area contributed by atoms with Crippen LogP contribution in [0.2, 0.25) is 5.02 Å². The molecule has 0 unspecified atom stereocenters. The van der Waals surface area contributed by atoms with E-state index in [0.29, 0.717) is 10.6 Å². The van der Waals surface area contributed by atoms with Gasteiger partial charge in [0.25, 0.3) is 0 Å². The fourth-order valence-electron chi connectivity index (χ4n) is 1.37. The molecule has 0 aliphatic rings. The molecule has 1 aromatic heterocycles. The minimum absolute atomic E-state index is 0.0237. The average molecular weight is 316 g/mol. The van der Waals surface area contributed by atoms with Crippen LogP contribution in [0.15, 0.2) is 34.8 Å². The maximum Gasteiger partial charge on any atom is 0.204 e. The quantitative estimate of drug-likeness (QED) is 0.734. The maximum atomic E-state index is 12.1. The number of hydrogen-bond donors (Lipinski definition) is 0. The summed E-state index contributed by atoms with van der Waals surface area (Å²) in [5, 5.41) is 0.471. The zero-order chi connectivity index (χ0) is 11.7. The Morgan fingerprint density at radius 3 is 2.69 bits per heavy atom. The van der Waals surface area contributed by atoms with Crippen molar-refractivity contribution in [2.45, 2.75) is 6.92 Å². The molecule has 0 atom stereocenters. The molecule has 0 saturated carbocycles. The number of thiophene rings is 1. The van der Waals surface area contributed by atoms with Crippen molar-refractivity contribution in [3.05, 3.63) is 55.1 Å². The Morgan fingerprint density at radius 2 is 2.06 bits per heavy atom. The van der Waals surface area contributed by atoms with Crippen LogP contribution in [0, 0.1) is 6.92 Å². The summed E-state index contributed by atoms with van der Waals surface area (Å²) in [6.07, 6.45) is 0. The molecule has 4 heteroatoms. The minimum atomic E-state index is -0.0237. The van der Waals surface area contributed by atoms with Crippen molar-refractivity contribution in [2.75, 3.05) is 0 Å². The summed E-state index contributed by atoms with van der Waals surface area (Å²) in [6.45, 7) is 1.98. The summed E-state index contributed by atoms with van der Waals surface area (Å²) in [6, 6.07) is 9.14. The third-order valence-electron chi connectivity index (χ3n) is 2.16. The van der Waals surface area contributed by atoms with E-state index < -0.39 is 0 Å². The van der Waals surface area contributed by atoms with Gasteiger partial charge in [-0.1, -0.05) is 17.7 Å². The first-order valence-electron chi connectivity index (χ1n) is 4.65. The van der Waals surface area contributed by atoms with E-state index in [1.165, 1.54) is 11.3 Å². The number of hydrogen-bond acceptors (Lipinski definition) is 2. The average Bonchev–Trinajstić information content (AvgIpc) is 2.68. The van der Waals surface area contributed by atoms with E-state index in [1.54, 1.807) is 6.07 Å². The van der Waals surface area contributed by atoms with Crippen molar-refractivity contribution in [1.82, 2.24) is 0 Å². The predicted octanol–water partition coefficient (Wildman–Crippen LogP) is 4.70. The van der Waals surface area contributed by atoms with E-state index in [4.69, 9.17) is 11.6 Å². The lowest BCUT2D eigenvalue weighted by molar-refractivity contribution is 0.104. The smallest absolute Gasteiger partial charge is 0.204 e. The van der Waals surface area contributed by atoms with Crippen molar-refractivity contribution >= 4 is 44.7 Å². The molecule has 82 valence electrons. The van der Waals surface area contributed by atoms with E-state index >= 15 is 0 Å². The van der Waals surface area contributed by atoms with Crippen LogP contribution in [0.25, 0.3) is 0 Å². The van der Waals surface area contributed by atoms with E-state index in [1.807, 2.05) is 31.2 Å². The number of halogens is 2. The molecule has 0 saturated heterocycles. The number of rotatable bonds is 2. The third kappa shape index (κ3) is 2.21. The second-order valence-corrected chi connectivity index (χ2v) is 5.86. The molecule has 16 heavy (non-hydrogen) atoms. The molecule has 1 nitrogen and oxygen atoms in total. The molecule has 1 aromatic carbocycles. The van der Waals surface area contributed by atoms with Crippen LogP contribution in [0.4, 0.5) is 0 Å². The zero-order valence-electron chi connectivity index (χ0n) is 8.46. The van der Waals surface area contributed by atoms with Gasteiger partial charge in [0.2, 0.25) is 5.78 Å². The minimum Gasteiger partial charge on any atom is -0.288 e. The Morgan fingerprint density at radius 1 is 1.31 bits per heavy atom. The molecule has 0 fully saturated rings. The van der Waals surface area contributed by atoms with Gasteiger partial charge in [-0.05, 0) is 47.1 Å². The number of carbonyl (C=O) groups is 1. The summed E-state index contributed by atoms with van der Waals surface area (Å²) < 4.78 is 0.744. The number of carbonyl (C=O) groups excluding carboxylic acids is 1. The molecule has 0 N–H and O–H groups in total. The van der Waals surface area contributed by atoms with Crippen LogP contribution in [0.5, 0.6) is 0 Å². The molecule has 0 bridgehead atoms. The van der Waals surface area contributed by atoms with Crippen LogP contribution >= 0.6 is 38.9 Å². The van der Waals surface area contributed by atoms with Gasteiger partial charge in [0.1, 0.15) is 0 Å². The Balaban J connectivity index is 2.45. The highest BCUT2D eigenvalue weighted by Crippen LogP contribution is 2.29. The highest BCUT2D eigenvalue weighted by Gasteiger charge is 2.15. The molecule has 0 spiro atoms. The van der Waals surface area contributed by atoms with Crippen molar-refractivity contribution in [3.8, 4) is 0 Å². The van der Waals surface area contributed by atoms with Crippen molar-refractivity contribution in [3.63, 3.8) is 0 Å². The van der Waals surface area contributed by atoms with Crippen LogP contribution in [0.1, 0.15) is 20.1 Å². The second-order valence-electron chi connectivity index (χ2n) is 3.34. The third-order valence-corrected chi connectivity index (χ3v) is 4.46. The fourth-order valence-corrected chi connectivity index (χ4v) is 2.77. The van der Waals surface area contributed by atoms with Gasteiger partial charge < -0.3 is 0 Å². The summed E-state index contributed by atoms with van der Waals surface area (Å²) in [4.78, 5) is 14.0. The van der Waals surface area contributed by atoms with Gasteiger partial charge in [-0.2, -0.15) is 0 Å². The van der Waals surface area contributed by atoms with Gasteiger partial charge in [-0.15, -0.1) is 11.3 Å². The molecular formula is C12H8BrClOS. The number of benzene rings is 1. The van der Waals surface area contributed by atoms with Crippen molar-refractivity contribution in [1.29, 1.82) is 0 Å². The van der Waals surface area contributed by atoms with Gasteiger partial charge in [-0.25, -0.2) is 0 Å². The molecule has 0 radical (unpaired) electrons. The first kappa shape index (κ1) is 11.8. The van der Waals surface area contributed by atoms with Crippen LogP contribution < -0.4 is 0 Å². The van der Waals surface area contributed by atoms with Gasteiger partial charge in [-0.3, -0.25) is 4.79 Å². The standard InChI is InChI=1S/C12H8BrClOS/c1-7-5-6-10(16-7)12(15)8-3-2-4-9(13)11(8)14/h2-6H,1H3. The van der Waals surface area contributed by atoms with Crippen molar-refractivity contribution in [2.24, 2.45) is 0 Å². The number of ketones is 1. The number of aryl methyl sites for hydroxylation is 1. The summed E-state index contributed by atoms with van der Waals surface area (Å²) >= 11 is 10.9. The van der Waals surface area contributed by atoms with E-state index in [9.17, 15) is 4.79 Å². The monoisotopic (exact) mass is 314 g/mol. The lowest BCUT2D eigenvalue weighted by Crippen LogP contribution is -1.99. The lowest BCUT2D eigenvalue weighted by atomic mass is 10.1. The Kier molecular flexibility index (Phi) is 3.47. The molecule has 2 aromatic rings. The highest BCUT2D eigenvalue weighted by molar-refractivity contribution is 9.10. The van der Waals surface area contributed by atoms with Gasteiger partial charge in [0, 0.05) is 14.9 Å². The lowest BCUT2D eigenvalue weighted by Gasteiger charge is -2.02. The summed E-state index contributed by atoms with van der Waals surface area (Å²) in [5.74, 6) is -0.0237. The highest BCUT2D eigenvalue weighted by atomic mass is 79.9. The summed E-state index contributed by atoms with van der Waals surface area (Å²) in [5.41, 5.74) is 0.540. The van der Waals surface area contributed by atoms with Gasteiger partial charge in [0.15, 0.2) is 0 Å². The summed E-state index contributed by atoms with van der Waals surface area (Å²) in [7, 11) is 0. The Bertz CT molecular complexity index is 548. The molecule has 1 heterocycles. The van der Waals surface area contributed by atoms with Crippen LogP contribution in [0.3, 0.4) is 0 Å². The first-order valence-corrected chi connectivity index (χ1v) is 6.63. The van der Waals surface area contributed by atoms with Crippen LogP contribution in [-0.2, 0) is 0 Å². The SMILES string of the molecule is Cc1ccc(C(=O)c2cccc(Br)c2Cl)s1. The molecule has 0 aliphatic heterocycles. The van der Waals surface area contributed by atoms with Gasteiger partial charge >= 0.3 is 0 Å². The van der Waals surface area contributed by atoms with Crippen LogP contribution in [-0.4, -0.2) is 5.78 Å².